The number of hydrogen-bond donors (Lipinski definition) is 0. The first kappa shape index (κ1) is 18.2. The Bertz CT molecular complexity index is 830. The molecule has 0 aliphatic heterocycles. The third-order valence-corrected chi connectivity index (χ3v) is 6.25. The first-order chi connectivity index (χ1) is 10.8. The van der Waals surface area contributed by atoms with Crippen molar-refractivity contribution < 1.29 is 13.2 Å². The van der Waals surface area contributed by atoms with Crippen LogP contribution in [-0.4, -0.2) is 42.2 Å². The number of sulfone groups is 1. The van der Waals surface area contributed by atoms with E-state index in [1.165, 1.54) is 18.3 Å². The lowest BCUT2D eigenvalue weighted by atomic mass is 10.4. The Labute approximate surface area is 151 Å². The monoisotopic (exact) mass is 463 g/mol. The number of benzene rings is 1. The van der Waals surface area contributed by atoms with E-state index < -0.39 is 9.84 Å². The Morgan fingerprint density at radius 3 is 2.48 bits per heavy atom. The van der Waals surface area contributed by atoms with Gasteiger partial charge in [0.2, 0.25) is 9.84 Å². The van der Waals surface area contributed by atoms with Crippen LogP contribution in [-0.2, 0) is 9.84 Å². The number of amides is 1. The quantitative estimate of drug-likeness (QED) is 0.693. The highest BCUT2D eigenvalue weighted by Gasteiger charge is 2.27. The summed E-state index contributed by atoms with van der Waals surface area (Å²) in [6, 6.07) is 5.97. The molecule has 0 saturated carbocycles. The van der Waals surface area contributed by atoms with Crippen LogP contribution in [0.5, 0.6) is 0 Å². The molecule has 1 aromatic carbocycles. The molecule has 2 rings (SSSR count). The molecule has 124 valence electrons. The molecule has 0 N–H and O–H groups in total. The molecule has 0 unspecified atom stereocenters. The van der Waals surface area contributed by atoms with E-state index in [0.717, 1.165) is 4.68 Å². The smallest absolute Gasteiger partial charge is 0.323 e. The van der Waals surface area contributed by atoms with Crippen LogP contribution in [0.2, 0.25) is 0 Å². The second-order valence-electron chi connectivity index (χ2n) is 4.64. The molecule has 6 nitrogen and oxygen atoms in total. The van der Waals surface area contributed by atoms with Crippen molar-refractivity contribution in [1.29, 1.82) is 0 Å². The highest BCUT2D eigenvalue weighted by atomic mass is 79.9. The van der Waals surface area contributed by atoms with E-state index in [9.17, 15) is 13.2 Å². The summed E-state index contributed by atoms with van der Waals surface area (Å²) in [5.74, 6) is 0. The molecule has 0 aliphatic rings. The van der Waals surface area contributed by atoms with Gasteiger partial charge < -0.3 is 4.90 Å². The highest BCUT2D eigenvalue weighted by Crippen LogP contribution is 2.28. The SMILES string of the molecule is CCN(CC)C(=O)n1cc(Br)c(S(=O)(=O)c2cccc(Br)c2)n1. The molecule has 9 heteroatoms. The third kappa shape index (κ3) is 3.67. The zero-order chi connectivity index (χ0) is 17.2. The van der Waals surface area contributed by atoms with Crippen LogP contribution in [0, 0.1) is 0 Å². The van der Waals surface area contributed by atoms with Gasteiger partial charge in [-0.2, -0.15) is 9.78 Å². The average molecular weight is 465 g/mol. The Balaban J connectivity index is 2.47. The molecule has 1 amide bonds. The number of aromatic nitrogens is 2. The number of carbonyl (C=O) groups is 1. The van der Waals surface area contributed by atoms with Gasteiger partial charge in [-0.25, -0.2) is 13.2 Å². The number of halogens is 2. The maximum Gasteiger partial charge on any atom is 0.344 e. The summed E-state index contributed by atoms with van der Waals surface area (Å²) < 4.78 is 27.3. The van der Waals surface area contributed by atoms with Gasteiger partial charge in [0.05, 0.1) is 15.6 Å². The summed E-state index contributed by atoms with van der Waals surface area (Å²) in [4.78, 5) is 13.9. The van der Waals surface area contributed by atoms with Gasteiger partial charge >= 0.3 is 6.03 Å². The summed E-state index contributed by atoms with van der Waals surface area (Å²) >= 11 is 6.43. The lowest BCUT2D eigenvalue weighted by Gasteiger charge is -2.17. The van der Waals surface area contributed by atoms with Gasteiger partial charge in [-0.05, 0) is 48.0 Å². The predicted octanol–water partition coefficient (Wildman–Crippen LogP) is 3.55. The summed E-state index contributed by atoms with van der Waals surface area (Å²) in [6.45, 7) is 4.72. The number of carbonyl (C=O) groups excluding carboxylic acids is 1. The average Bonchev–Trinajstić information content (AvgIpc) is 2.91. The Kier molecular flexibility index (Phi) is 5.64. The molecule has 0 bridgehead atoms. The lowest BCUT2D eigenvalue weighted by Crippen LogP contribution is -2.34. The zero-order valence-corrected chi connectivity index (χ0v) is 16.5. The number of hydrogen-bond acceptors (Lipinski definition) is 4. The predicted molar refractivity (Wildman–Crippen MR) is 93.2 cm³/mol. The molecule has 23 heavy (non-hydrogen) atoms. The minimum absolute atomic E-state index is 0.105. The fourth-order valence-electron chi connectivity index (χ4n) is 2.00. The minimum Gasteiger partial charge on any atom is -0.323 e. The molecule has 0 atom stereocenters. The molecule has 0 spiro atoms. The number of rotatable bonds is 4. The fraction of sp³-hybridized carbons (Fsp3) is 0.286. The van der Waals surface area contributed by atoms with Crippen LogP contribution in [0.1, 0.15) is 13.8 Å². The Morgan fingerprint density at radius 1 is 1.26 bits per heavy atom. The first-order valence-electron chi connectivity index (χ1n) is 6.86. The second-order valence-corrected chi connectivity index (χ2v) is 8.28. The topological polar surface area (TPSA) is 72.3 Å². The van der Waals surface area contributed by atoms with Crippen molar-refractivity contribution in [2.24, 2.45) is 0 Å². The summed E-state index contributed by atoms with van der Waals surface area (Å²) in [5.41, 5.74) is 0. The standard InChI is InChI=1S/C14H15Br2N3O3S/c1-3-18(4-2)14(20)19-9-12(16)13(17-19)23(21,22)11-7-5-6-10(15)8-11/h5-9H,3-4H2,1-2H3. The molecule has 1 aromatic heterocycles. The zero-order valence-electron chi connectivity index (χ0n) is 12.5. The molecule has 0 aliphatic carbocycles. The van der Waals surface area contributed by atoms with Gasteiger partial charge in [-0.1, -0.05) is 22.0 Å². The van der Waals surface area contributed by atoms with Gasteiger partial charge in [0, 0.05) is 17.6 Å². The molecule has 0 saturated heterocycles. The normalized spacial score (nSPS) is 11.5. The van der Waals surface area contributed by atoms with E-state index in [1.807, 2.05) is 13.8 Å². The van der Waals surface area contributed by atoms with Gasteiger partial charge in [0.25, 0.3) is 0 Å². The van der Waals surface area contributed by atoms with Crippen LogP contribution < -0.4 is 0 Å². The van der Waals surface area contributed by atoms with E-state index in [2.05, 4.69) is 37.0 Å². The van der Waals surface area contributed by atoms with Crippen LogP contribution >= 0.6 is 31.9 Å². The van der Waals surface area contributed by atoms with Gasteiger partial charge in [0.1, 0.15) is 0 Å². The van der Waals surface area contributed by atoms with Gasteiger partial charge in [0.15, 0.2) is 5.03 Å². The molecule has 1 heterocycles. The maximum absolute atomic E-state index is 12.7. The summed E-state index contributed by atoms with van der Waals surface area (Å²) in [6.07, 6.45) is 1.37. The van der Waals surface area contributed by atoms with Crippen LogP contribution in [0.15, 0.2) is 49.3 Å². The van der Waals surface area contributed by atoms with Crippen molar-refractivity contribution in [2.45, 2.75) is 23.8 Å². The van der Waals surface area contributed by atoms with Crippen LogP contribution in [0.25, 0.3) is 0 Å². The highest BCUT2D eigenvalue weighted by molar-refractivity contribution is 9.10. The van der Waals surface area contributed by atoms with Gasteiger partial charge in [-0.3, -0.25) is 0 Å². The van der Waals surface area contributed by atoms with E-state index in [4.69, 9.17) is 0 Å². The van der Waals surface area contributed by atoms with Crippen LogP contribution in [0.3, 0.4) is 0 Å². The molecule has 0 radical (unpaired) electrons. The Hall–Kier alpha value is -1.19. The molecule has 2 aromatic rings. The van der Waals surface area contributed by atoms with Gasteiger partial charge in [-0.15, -0.1) is 0 Å². The lowest BCUT2D eigenvalue weighted by molar-refractivity contribution is 0.201. The summed E-state index contributed by atoms with van der Waals surface area (Å²) in [7, 11) is -3.82. The molecule has 0 fully saturated rings. The van der Waals surface area contributed by atoms with E-state index in [0.29, 0.717) is 17.6 Å². The largest absolute Gasteiger partial charge is 0.344 e. The van der Waals surface area contributed by atoms with Crippen molar-refractivity contribution in [1.82, 2.24) is 14.7 Å². The third-order valence-electron chi connectivity index (χ3n) is 3.23. The molecular weight excluding hydrogens is 450 g/mol. The fourth-order valence-corrected chi connectivity index (χ4v) is 4.73. The number of nitrogens with zero attached hydrogens (tertiary/aromatic N) is 3. The van der Waals surface area contributed by atoms with Crippen molar-refractivity contribution in [3.8, 4) is 0 Å². The first-order valence-corrected chi connectivity index (χ1v) is 9.93. The van der Waals surface area contributed by atoms with E-state index in [-0.39, 0.29) is 20.4 Å². The van der Waals surface area contributed by atoms with Crippen molar-refractivity contribution in [3.63, 3.8) is 0 Å². The van der Waals surface area contributed by atoms with Crippen molar-refractivity contribution in [2.75, 3.05) is 13.1 Å². The van der Waals surface area contributed by atoms with E-state index >= 15 is 0 Å². The summed E-state index contributed by atoms with van der Waals surface area (Å²) in [5, 5.41) is 3.80. The second kappa shape index (κ2) is 7.14. The van der Waals surface area contributed by atoms with Crippen molar-refractivity contribution >= 4 is 47.7 Å². The van der Waals surface area contributed by atoms with Crippen molar-refractivity contribution in [3.05, 3.63) is 39.4 Å². The minimum atomic E-state index is -3.82. The van der Waals surface area contributed by atoms with Crippen LogP contribution in [0.4, 0.5) is 4.79 Å². The maximum atomic E-state index is 12.7. The Morgan fingerprint density at radius 2 is 1.91 bits per heavy atom. The molecular formula is C14H15Br2N3O3S. The van der Waals surface area contributed by atoms with E-state index in [1.54, 1.807) is 17.0 Å².